The molecule has 1 fully saturated rings. The second-order valence-electron chi connectivity index (χ2n) is 7.33. The zero-order valence-corrected chi connectivity index (χ0v) is 17.0. The van der Waals surface area contributed by atoms with E-state index in [0.29, 0.717) is 5.41 Å². The summed E-state index contributed by atoms with van der Waals surface area (Å²) in [5.74, 6) is 1.81. The molecule has 0 amide bonds. The van der Waals surface area contributed by atoms with Crippen LogP contribution < -0.4 is 10.6 Å². The summed E-state index contributed by atoms with van der Waals surface area (Å²) in [5.41, 5.74) is 2.49. The molecule has 1 aliphatic carbocycles. The average molecular weight is 365 g/mol. The van der Waals surface area contributed by atoms with Gasteiger partial charge in [0.1, 0.15) is 5.76 Å². The Morgan fingerprint density at radius 1 is 1.23 bits per heavy atom. The van der Waals surface area contributed by atoms with Gasteiger partial charge in [-0.3, -0.25) is 4.99 Å². The van der Waals surface area contributed by atoms with Gasteiger partial charge in [0.2, 0.25) is 0 Å². The summed E-state index contributed by atoms with van der Waals surface area (Å²) >= 11 is 0. The molecule has 0 saturated heterocycles. The fourth-order valence-corrected chi connectivity index (χ4v) is 3.80. The number of nitrogens with zero attached hydrogens (tertiary/aromatic N) is 2. The maximum atomic E-state index is 5.61. The number of guanidine groups is 1. The molecule has 6 heteroatoms. The van der Waals surface area contributed by atoms with E-state index in [2.05, 4.69) is 29.6 Å². The highest BCUT2D eigenvalue weighted by atomic mass is 16.5. The van der Waals surface area contributed by atoms with Crippen LogP contribution in [0.2, 0.25) is 0 Å². The molecular formula is C20H36N4O2. The summed E-state index contributed by atoms with van der Waals surface area (Å²) in [4.78, 5) is 4.91. The average Bonchev–Trinajstić information content (AvgIpc) is 3.22. The third-order valence-electron chi connectivity index (χ3n) is 5.41. The van der Waals surface area contributed by atoms with Crippen LogP contribution in [-0.4, -0.2) is 44.0 Å². The van der Waals surface area contributed by atoms with Crippen LogP contribution in [0, 0.1) is 19.3 Å². The van der Waals surface area contributed by atoms with Gasteiger partial charge < -0.3 is 19.9 Å². The maximum Gasteiger partial charge on any atom is 0.191 e. The van der Waals surface area contributed by atoms with E-state index in [9.17, 15) is 0 Å². The molecule has 0 aliphatic heterocycles. The lowest BCUT2D eigenvalue weighted by molar-refractivity contribution is 0.107. The van der Waals surface area contributed by atoms with Crippen molar-refractivity contribution in [2.75, 3.05) is 32.8 Å². The van der Waals surface area contributed by atoms with Gasteiger partial charge >= 0.3 is 0 Å². The first-order valence-electron chi connectivity index (χ1n) is 10.1. The summed E-state index contributed by atoms with van der Waals surface area (Å²) in [6.45, 7) is 12.3. The molecule has 1 heterocycles. The van der Waals surface area contributed by atoms with Crippen LogP contribution in [0.1, 0.15) is 63.0 Å². The molecule has 0 aromatic carbocycles. The number of aryl methyl sites for hydroxylation is 2. The molecule has 0 bridgehead atoms. The Bertz CT molecular complexity index is 543. The van der Waals surface area contributed by atoms with Crippen LogP contribution in [0.15, 0.2) is 9.52 Å². The monoisotopic (exact) mass is 364 g/mol. The van der Waals surface area contributed by atoms with Crippen molar-refractivity contribution in [1.29, 1.82) is 0 Å². The number of rotatable bonds is 10. The molecule has 1 saturated carbocycles. The molecule has 0 spiro atoms. The van der Waals surface area contributed by atoms with Crippen LogP contribution in [0.5, 0.6) is 0 Å². The highest BCUT2D eigenvalue weighted by Crippen LogP contribution is 2.41. The van der Waals surface area contributed by atoms with E-state index in [1.54, 1.807) is 0 Å². The van der Waals surface area contributed by atoms with Gasteiger partial charge in [-0.15, -0.1) is 0 Å². The molecule has 26 heavy (non-hydrogen) atoms. The van der Waals surface area contributed by atoms with Gasteiger partial charge in [-0.2, -0.15) is 0 Å². The Morgan fingerprint density at radius 3 is 2.62 bits per heavy atom. The van der Waals surface area contributed by atoms with Crippen LogP contribution in [0.4, 0.5) is 0 Å². The minimum atomic E-state index is 0.319. The predicted molar refractivity (Wildman–Crippen MR) is 106 cm³/mol. The van der Waals surface area contributed by atoms with Crippen LogP contribution in [0.25, 0.3) is 0 Å². The number of aromatic nitrogens is 1. The Hall–Kier alpha value is -1.56. The molecule has 0 unspecified atom stereocenters. The smallest absolute Gasteiger partial charge is 0.191 e. The summed E-state index contributed by atoms with van der Waals surface area (Å²) in [6.07, 6.45) is 7.17. The third kappa shape index (κ3) is 6.01. The van der Waals surface area contributed by atoms with Crippen molar-refractivity contribution in [2.45, 2.75) is 66.2 Å². The first-order chi connectivity index (χ1) is 12.6. The van der Waals surface area contributed by atoms with E-state index < -0.39 is 0 Å². The lowest BCUT2D eigenvalue weighted by Crippen LogP contribution is -2.39. The van der Waals surface area contributed by atoms with Gasteiger partial charge in [0, 0.05) is 38.4 Å². The van der Waals surface area contributed by atoms with Crippen molar-refractivity contribution >= 4 is 5.96 Å². The minimum absolute atomic E-state index is 0.319. The quantitative estimate of drug-likeness (QED) is 0.378. The zero-order chi connectivity index (χ0) is 18.8. The molecule has 2 rings (SSSR count). The van der Waals surface area contributed by atoms with Crippen molar-refractivity contribution in [1.82, 2.24) is 15.8 Å². The number of hydrogen-bond acceptors (Lipinski definition) is 4. The number of ether oxygens (including phenoxy) is 1. The zero-order valence-electron chi connectivity index (χ0n) is 17.0. The fraction of sp³-hybridized carbons (Fsp3) is 0.800. The van der Waals surface area contributed by atoms with E-state index in [4.69, 9.17) is 14.3 Å². The highest BCUT2D eigenvalue weighted by molar-refractivity contribution is 5.79. The summed E-state index contributed by atoms with van der Waals surface area (Å²) in [5, 5.41) is 10.9. The first kappa shape index (κ1) is 20.7. The fourth-order valence-electron chi connectivity index (χ4n) is 3.80. The van der Waals surface area contributed by atoms with E-state index >= 15 is 0 Å². The third-order valence-corrected chi connectivity index (χ3v) is 5.41. The van der Waals surface area contributed by atoms with E-state index in [0.717, 1.165) is 63.1 Å². The second kappa shape index (κ2) is 10.6. The van der Waals surface area contributed by atoms with Crippen molar-refractivity contribution in [3.8, 4) is 0 Å². The molecule has 0 radical (unpaired) electrons. The summed E-state index contributed by atoms with van der Waals surface area (Å²) < 4.78 is 10.8. The molecule has 6 nitrogen and oxygen atoms in total. The largest absolute Gasteiger partial charge is 0.382 e. The summed E-state index contributed by atoms with van der Waals surface area (Å²) in [6, 6.07) is 0. The van der Waals surface area contributed by atoms with E-state index in [1.165, 1.54) is 31.2 Å². The van der Waals surface area contributed by atoms with Crippen LogP contribution in [-0.2, 0) is 11.2 Å². The first-order valence-corrected chi connectivity index (χ1v) is 10.1. The molecule has 1 aromatic heterocycles. The number of hydrogen-bond donors (Lipinski definition) is 2. The van der Waals surface area contributed by atoms with Crippen LogP contribution >= 0.6 is 0 Å². The van der Waals surface area contributed by atoms with E-state index in [1.807, 2.05) is 13.8 Å². The molecular weight excluding hydrogens is 328 g/mol. The van der Waals surface area contributed by atoms with Gasteiger partial charge in [-0.1, -0.05) is 18.0 Å². The molecule has 2 N–H and O–H groups in total. The Balaban J connectivity index is 1.89. The molecule has 1 aromatic rings. The van der Waals surface area contributed by atoms with Gasteiger partial charge in [0.15, 0.2) is 5.96 Å². The highest BCUT2D eigenvalue weighted by Gasteiger charge is 2.33. The summed E-state index contributed by atoms with van der Waals surface area (Å²) in [7, 11) is 0. The van der Waals surface area contributed by atoms with Gasteiger partial charge in [-0.25, -0.2) is 0 Å². The lowest BCUT2D eigenvalue weighted by atomic mass is 9.83. The Kier molecular flexibility index (Phi) is 8.42. The maximum absolute atomic E-state index is 5.61. The minimum Gasteiger partial charge on any atom is -0.382 e. The van der Waals surface area contributed by atoms with Crippen molar-refractivity contribution in [2.24, 2.45) is 10.4 Å². The lowest BCUT2D eigenvalue weighted by Gasteiger charge is -2.27. The molecule has 0 atom stereocenters. The second-order valence-corrected chi connectivity index (χ2v) is 7.33. The molecule has 148 valence electrons. The normalized spacial score (nSPS) is 16.8. The van der Waals surface area contributed by atoms with E-state index in [-0.39, 0.29) is 0 Å². The standard InChI is InChI=1S/C20H36N4O2/c1-5-21-19(22-13-9-18-16(3)24-26-17(18)4)23-15-20(10-7-8-11-20)12-14-25-6-2/h5-15H2,1-4H3,(H2,21,22,23). The van der Waals surface area contributed by atoms with Crippen molar-refractivity contribution in [3.05, 3.63) is 17.0 Å². The Labute approximate surface area is 158 Å². The van der Waals surface area contributed by atoms with Gasteiger partial charge in [0.05, 0.1) is 5.69 Å². The van der Waals surface area contributed by atoms with Gasteiger partial charge in [-0.05, 0) is 58.8 Å². The van der Waals surface area contributed by atoms with Crippen molar-refractivity contribution in [3.63, 3.8) is 0 Å². The Morgan fingerprint density at radius 2 is 2.00 bits per heavy atom. The molecule has 1 aliphatic rings. The topological polar surface area (TPSA) is 71.7 Å². The number of aliphatic imine (C=N–C) groups is 1. The van der Waals surface area contributed by atoms with Crippen molar-refractivity contribution < 1.29 is 9.26 Å². The van der Waals surface area contributed by atoms with Crippen LogP contribution in [0.3, 0.4) is 0 Å². The SMILES string of the molecule is CCNC(=NCC1(CCOCC)CCCC1)NCCc1c(C)noc1C. The van der Waals surface area contributed by atoms with Gasteiger partial charge in [0.25, 0.3) is 0 Å². The number of nitrogens with one attached hydrogen (secondary N) is 2. The predicted octanol–water partition coefficient (Wildman–Crippen LogP) is 3.38.